The van der Waals surface area contributed by atoms with Gasteiger partial charge >= 0.3 is 0 Å². The van der Waals surface area contributed by atoms with E-state index in [0.717, 1.165) is 28.8 Å². The molecule has 0 aliphatic carbocycles. The number of ether oxygens (including phenoxy) is 1. The molecule has 40 heavy (non-hydrogen) atoms. The summed E-state index contributed by atoms with van der Waals surface area (Å²) in [6, 6.07) is 3.58. The number of thioether (sulfide) groups is 1. The molecule has 0 spiro atoms. The molecule has 4 N–H and O–H groups in total. The fourth-order valence-electron chi connectivity index (χ4n) is 4.44. The van der Waals surface area contributed by atoms with Crippen LogP contribution in [0.15, 0.2) is 29.6 Å². The number of rotatable bonds is 9. The summed E-state index contributed by atoms with van der Waals surface area (Å²) in [7, 11) is -3.56. The average Bonchev–Trinajstić information content (AvgIpc) is 3.35. The lowest BCUT2D eigenvalue weighted by atomic mass is 10.1. The molecular weight excluding hydrogens is 556 g/mol. The lowest BCUT2D eigenvalue weighted by molar-refractivity contribution is -0.118. The maximum absolute atomic E-state index is 12.0. The van der Waals surface area contributed by atoms with E-state index >= 15 is 0 Å². The number of sulfonamides is 1. The molecule has 0 aromatic carbocycles. The van der Waals surface area contributed by atoms with Crippen molar-refractivity contribution in [3.05, 3.63) is 30.1 Å². The van der Waals surface area contributed by atoms with Gasteiger partial charge in [-0.2, -0.15) is 4.98 Å². The van der Waals surface area contributed by atoms with E-state index < -0.39 is 10.0 Å². The highest BCUT2D eigenvalue weighted by Crippen LogP contribution is 2.40. The minimum absolute atomic E-state index is 0.117. The van der Waals surface area contributed by atoms with Crippen LogP contribution in [-0.4, -0.2) is 90.6 Å². The van der Waals surface area contributed by atoms with Gasteiger partial charge in [0.15, 0.2) is 0 Å². The zero-order valence-corrected chi connectivity index (χ0v) is 23.8. The number of nitrogens with one attached hydrogen (secondary N) is 2. The number of carbonyl (C=O) groups excluding carboxylic acids is 1. The van der Waals surface area contributed by atoms with Gasteiger partial charge in [-0.25, -0.2) is 28.4 Å². The van der Waals surface area contributed by atoms with E-state index in [9.17, 15) is 13.2 Å². The lowest BCUT2D eigenvalue weighted by Gasteiger charge is -2.28. The Morgan fingerprint density at radius 3 is 2.58 bits per heavy atom. The van der Waals surface area contributed by atoms with Crippen molar-refractivity contribution in [1.82, 2.24) is 30.2 Å². The molecule has 16 heteroatoms. The van der Waals surface area contributed by atoms with E-state index in [-0.39, 0.29) is 17.7 Å². The Bertz CT molecular complexity index is 1500. The van der Waals surface area contributed by atoms with Crippen molar-refractivity contribution in [3.8, 4) is 11.3 Å². The quantitative estimate of drug-likeness (QED) is 0.239. The molecule has 0 atom stereocenters. The van der Waals surface area contributed by atoms with Gasteiger partial charge in [0.1, 0.15) is 16.7 Å². The van der Waals surface area contributed by atoms with Gasteiger partial charge in [-0.15, -0.1) is 11.8 Å². The molecule has 5 rings (SSSR count). The summed E-state index contributed by atoms with van der Waals surface area (Å²) in [6.07, 6.45) is 5.04. The Hall–Kier alpha value is -3.76. The second-order valence-corrected chi connectivity index (χ2v) is 12.1. The highest BCUT2D eigenvalue weighted by molar-refractivity contribution is 7.99. The molecule has 2 aliphatic heterocycles. The van der Waals surface area contributed by atoms with Crippen LogP contribution >= 0.6 is 11.8 Å². The standard InChI is InChI=1S/C24H30N10O4S2/c1-15(35)26-4-10-39-20-12-17(11-19(29-20)32-40(2,36)37)34-5-3-18-21(16-13-27-23(25)28-14-16)30-24(31-22(18)34)33-6-8-38-9-7-33/h11-14H,3-10H2,1-2H3,(H,26,35)(H,29,32)(H2,25,27,28). The van der Waals surface area contributed by atoms with Gasteiger partial charge in [0, 0.05) is 74.1 Å². The van der Waals surface area contributed by atoms with E-state index in [4.69, 9.17) is 20.4 Å². The van der Waals surface area contributed by atoms with E-state index in [2.05, 4.69) is 29.9 Å². The normalized spacial score (nSPS) is 15.2. The molecule has 5 heterocycles. The van der Waals surface area contributed by atoms with E-state index in [1.165, 1.54) is 18.7 Å². The molecule has 3 aromatic rings. The highest BCUT2D eigenvalue weighted by atomic mass is 32.2. The van der Waals surface area contributed by atoms with E-state index in [0.29, 0.717) is 68.4 Å². The first kappa shape index (κ1) is 27.8. The highest BCUT2D eigenvalue weighted by Gasteiger charge is 2.30. The van der Waals surface area contributed by atoms with Crippen molar-refractivity contribution >= 4 is 56.9 Å². The summed E-state index contributed by atoms with van der Waals surface area (Å²) >= 11 is 1.41. The Kier molecular flexibility index (Phi) is 8.18. The molecule has 0 bridgehead atoms. The van der Waals surface area contributed by atoms with Crippen LogP contribution < -0.4 is 25.6 Å². The van der Waals surface area contributed by atoms with Gasteiger partial charge in [-0.1, -0.05) is 0 Å². The van der Waals surface area contributed by atoms with Crippen molar-refractivity contribution in [2.75, 3.05) is 71.7 Å². The number of morpholine rings is 1. The molecule has 212 valence electrons. The fraction of sp³-hybridized carbons (Fsp3) is 0.417. The summed E-state index contributed by atoms with van der Waals surface area (Å²) in [5.74, 6) is 2.10. The van der Waals surface area contributed by atoms with Crippen LogP contribution in [0.25, 0.3) is 11.3 Å². The predicted octanol–water partition coefficient (Wildman–Crippen LogP) is 1.04. The number of carbonyl (C=O) groups is 1. The van der Waals surface area contributed by atoms with Gasteiger partial charge in [0.05, 0.1) is 25.2 Å². The van der Waals surface area contributed by atoms with Crippen LogP contribution in [0.5, 0.6) is 0 Å². The molecule has 1 fully saturated rings. The molecular formula is C24H30N10O4S2. The summed E-state index contributed by atoms with van der Waals surface area (Å²) < 4.78 is 32.1. The van der Waals surface area contributed by atoms with Gasteiger partial charge < -0.3 is 25.6 Å². The number of hydrogen-bond acceptors (Lipinski definition) is 13. The lowest BCUT2D eigenvalue weighted by Crippen LogP contribution is -2.37. The van der Waals surface area contributed by atoms with Crippen LogP contribution in [0.1, 0.15) is 12.5 Å². The SMILES string of the molecule is CC(=O)NCCSc1cc(N2CCc3c(-c4cnc(N)nc4)nc(N4CCOCC4)nc32)cc(NS(C)(=O)=O)n1. The molecule has 0 saturated carbocycles. The van der Waals surface area contributed by atoms with Gasteiger partial charge in [-0.05, 0) is 12.5 Å². The first-order valence-corrected chi connectivity index (χ1v) is 15.5. The van der Waals surface area contributed by atoms with Gasteiger partial charge in [0.2, 0.25) is 27.8 Å². The van der Waals surface area contributed by atoms with Crippen LogP contribution in [0.3, 0.4) is 0 Å². The number of amides is 1. The van der Waals surface area contributed by atoms with Crippen molar-refractivity contribution in [1.29, 1.82) is 0 Å². The molecule has 1 amide bonds. The smallest absolute Gasteiger partial charge is 0.230 e. The fourth-order valence-corrected chi connectivity index (χ4v) is 5.71. The third-order valence-electron chi connectivity index (χ3n) is 6.17. The molecule has 0 radical (unpaired) electrons. The van der Waals surface area contributed by atoms with Crippen molar-refractivity contribution in [2.45, 2.75) is 18.4 Å². The van der Waals surface area contributed by atoms with Crippen LogP contribution in [0, 0.1) is 0 Å². The van der Waals surface area contributed by atoms with E-state index in [1.807, 2.05) is 11.0 Å². The number of anilines is 5. The third-order valence-corrected chi connectivity index (χ3v) is 7.66. The largest absolute Gasteiger partial charge is 0.378 e. The van der Waals surface area contributed by atoms with Crippen LogP contribution in [0.2, 0.25) is 0 Å². The summed E-state index contributed by atoms with van der Waals surface area (Å²) in [6.45, 7) is 4.98. The van der Waals surface area contributed by atoms with Crippen molar-refractivity contribution in [2.24, 2.45) is 0 Å². The van der Waals surface area contributed by atoms with Crippen LogP contribution in [-0.2, 0) is 26.0 Å². The summed E-state index contributed by atoms with van der Waals surface area (Å²) in [5, 5.41) is 3.36. The number of nitrogens with two attached hydrogens (primary N) is 1. The zero-order valence-electron chi connectivity index (χ0n) is 22.1. The summed E-state index contributed by atoms with van der Waals surface area (Å²) in [4.78, 5) is 38.0. The van der Waals surface area contributed by atoms with Crippen molar-refractivity contribution < 1.29 is 17.9 Å². The Morgan fingerprint density at radius 2 is 1.88 bits per heavy atom. The molecule has 14 nitrogen and oxygen atoms in total. The first-order chi connectivity index (χ1) is 19.2. The second kappa shape index (κ2) is 11.8. The predicted molar refractivity (Wildman–Crippen MR) is 153 cm³/mol. The van der Waals surface area contributed by atoms with Crippen molar-refractivity contribution in [3.63, 3.8) is 0 Å². The van der Waals surface area contributed by atoms with Gasteiger partial charge in [0.25, 0.3) is 0 Å². The van der Waals surface area contributed by atoms with Crippen LogP contribution in [0.4, 0.5) is 29.2 Å². The number of nitrogen functional groups attached to an aromatic ring is 1. The molecule has 1 saturated heterocycles. The molecule has 2 aliphatic rings. The zero-order chi connectivity index (χ0) is 28.3. The number of aromatic nitrogens is 5. The Balaban J connectivity index is 1.56. The molecule has 0 unspecified atom stereocenters. The second-order valence-electron chi connectivity index (χ2n) is 9.26. The first-order valence-electron chi connectivity index (χ1n) is 12.6. The Morgan fingerprint density at radius 1 is 1.12 bits per heavy atom. The maximum atomic E-state index is 12.0. The average molecular weight is 587 g/mol. The molecule has 3 aromatic heterocycles. The topological polar surface area (TPSA) is 181 Å². The minimum Gasteiger partial charge on any atom is -0.378 e. The number of pyridine rings is 1. The third kappa shape index (κ3) is 6.68. The Labute approximate surface area is 236 Å². The maximum Gasteiger partial charge on any atom is 0.230 e. The van der Waals surface area contributed by atoms with Gasteiger partial charge in [-0.3, -0.25) is 9.52 Å². The summed E-state index contributed by atoms with van der Waals surface area (Å²) in [5.41, 5.74) is 8.84. The monoisotopic (exact) mass is 586 g/mol. The number of nitrogens with zero attached hydrogens (tertiary/aromatic N) is 7. The minimum atomic E-state index is -3.56. The number of hydrogen-bond donors (Lipinski definition) is 3. The number of fused-ring (bicyclic) bond motifs is 1. The van der Waals surface area contributed by atoms with E-state index in [1.54, 1.807) is 18.5 Å².